The third-order valence-corrected chi connectivity index (χ3v) is 5.44. The largest absolute Gasteiger partial charge is 0.384 e. The van der Waals surface area contributed by atoms with Crippen LogP contribution in [0, 0.1) is 5.41 Å². The molecule has 5 heteroatoms. The van der Waals surface area contributed by atoms with Gasteiger partial charge >= 0.3 is 0 Å². The van der Waals surface area contributed by atoms with Gasteiger partial charge in [0, 0.05) is 36.3 Å². The fourth-order valence-corrected chi connectivity index (χ4v) is 4.38. The number of amidine groups is 1. The summed E-state index contributed by atoms with van der Waals surface area (Å²) in [5.74, 6) is 1.19. The zero-order chi connectivity index (χ0) is 14.8. The number of anilines is 1. The normalized spacial score (nSPS) is 22.3. The molecule has 1 aromatic carbocycles. The van der Waals surface area contributed by atoms with Crippen LogP contribution >= 0.6 is 11.8 Å². The third kappa shape index (κ3) is 2.90. The molecule has 1 aromatic rings. The second kappa shape index (κ2) is 6.28. The van der Waals surface area contributed by atoms with E-state index in [1.165, 1.54) is 19.4 Å². The number of rotatable bonds is 4. The lowest BCUT2D eigenvalue weighted by Crippen LogP contribution is -2.50. The van der Waals surface area contributed by atoms with Gasteiger partial charge in [-0.1, -0.05) is 13.0 Å². The van der Waals surface area contributed by atoms with E-state index in [1.54, 1.807) is 11.8 Å². The molecule has 3 rings (SSSR count). The highest BCUT2D eigenvalue weighted by atomic mass is 32.2. The summed E-state index contributed by atoms with van der Waals surface area (Å²) in [6.45, 7) is 6.63. The maximum Gasteiger partial charge on any atom is 0.126 e. The molecule has 0 saturated carbocycles. The second-order valence-electron chi connectivity index (χ2n) is 5.77. The predicted octanol–water partition coefficient (Wildman–Crippen LogP) is 2.37. The van der Waals surface area contributed by atoms with E-state index in [-0.39, 0.29) is 5.84 Å². The Hall–Kier alpha value is -1.20. The minimum Gasteiger partial charge on any atom is -0.384 e. The van der Waals surface area contributed by atoms with Gasteiger partial charge in [0.2, 0.25) is 0 Å². The SMILES string of the molecule is CCSc1cccc(N2CCN3CCCC3C2)c1C(=N)N. The number of benzene rings is 1. The van der Waals surface area contributed by atoms with E-state index in [0.29, 0.717) is 6.04 Å². The number of nitrogens with one attached hydrogen (secondary N) is 1. The molecule has 0 aromatic heterocycles. The number of fused-ring (bicyclic) bond motifs is 1. The minimum absolute atomic E-state index is 0.190. The lowest BCUT2D eigenvalue weighted by atomic mass is 10.1. The molecule has 2 fully saturated rings. The Kier molecular flexibility index (Phi) is 4.40. The van der Waals surface area contributed by atoms with Crippen molar-refractivity contribution in [3.8, 4) is 0 Å². The van der Waals surface area contributed by atoms with Gasteiger partial charge in [0.15, 0.2) is 0 Å². The third-order valence-electron chi connectivity index (χ3n) is 4.50. The van der Waals surface area contributed by atoms with Crippen LogP contribution in [0.15, 0.2) is 23.1 Å². The first kappa shape index (κ1) is 14.7. The summed E-state index contributed by atoms with van der Waals surface area (Å²) < 4.78 is 0. The number of thioether (sulfide) groups is 1. The quantitative estimate of drug-likeness (QED) is 0.509. The Morgan fingerprint density at radius 3 is 3.00 bits per heavy atom. The number of nitrogens with two attached hydrogens (primary N) is 1. The van der Waals surface area contributed by atoms with Crippen LogP contribution in [-0.2, 0) is 0 Å². The van der Waals surface area contributed by atoms with Crippen LogP contribution in [0.25, 0.3) is 0 Å². The molecule has 114 valence electrons. The molecule has 2 aliphatic rings. The van der Waals surface area contributed by atoms with E-state index in [9.17, 15) is 0 Å². The van der Waals surface area contributed by atoms with Gasteiger partial charge in [0.1, 0.15) is 5.84 Å². The molecule has 3 N–H and O–H groups in total. The average Bonchev–Trinajstić information content (AvgIpc) is 2.94. The average molecular weight is 304 g/mol. The number of nitrogens with zero attached hydrogens (tertiary/aromatic N) is 2. The van der Waals surface area contributed by atoms with Crippen LogP contribution in [0.3, 0.4) is 0 Å². The van der Waals surface area contributed by atoms with Gasteiger partial charge in [0.25, 0.3) is 0 Å². The lowest BCUT2D eigenvalue weighted by Gasteiger charge is -2.39. The maximum absolute atomic E-state index is 7.99. The molecule has 2 saturated heterocycles. The Morgan fingerprint density at radius 2 is 2.24 bits per heavy atom. The first-order valence-electron chi connectivity index (χ1n) is 7.80. The molecular weight excluding hydrogens is 280 g/mol. The van der Waals surface area contributed by atoms with Crippen molar-refractivity contribution < 1.29 is 0 Å². The standard InChI is InChI=1S/C16H24N4S/c1-2-21-14-7-3-6-13(15(14)16(17)18)20-10-9-19-8-4-5-12(19)11-20/h3,6-7,12H,2,4-5,8-11H2,1H3,(H3,17,18). The van der Waals surface area contributed by atoms with Gasteiger partial charge < -0.3 is 10.6 Å². The first-order chi connectivity index (χ1) is 10.2. The zero-order valence-electron chi connectivity index (χ0n) is 12.6. The molecule has 1 unspecified atom stereocenters. The van der Waals surface area contributed by atoms with Crippen LogP contribution in [0.4, 0.5) is 5.69 Å². The molecule has 0 spiro atoms. The lowest BCUT2D eigenvalue weighted by molar-refractivity contribution is 0.231. The van der Waals surface area contributed by atoms with Gasteiger partial charge in [-0.3, -0.25) is 10.3 Å². The van der Waals surface area contributed by atoms with Crippen LogP contribution in [0.5, 0.6) is 0 Å². The van der Waals surface area contributed by atoms with Crippen molar-refractivity contribution in [1.29, 1.82) is 5.41 Å². The molecule has 2 heterocycles. The number of piperazine rings is 1. The van der Waals surface area contributed by atoms with Crippen LogP contribution < -0.4 is 10.6 Å². The Morgan fingerprint density at radius 1 is 1.38 bits per heavy atom. The van der Waals surface area contributed by atoms with Gasteiger partial charge in [-0.15, -0.1) is 11.8 Å². The smallest absolute Gasteiger partial charge is 0.126 e. The summed E-state index contributed by atoms with van der Waals surface area (Å²) in [4.78, 5) is 6.17. The monoisotopic (exact) mass is 304 g/mol. The number of nitrogen functional groups attached to an aromatic ring is 1. The highest BCUT2D eigenvalue weighted by Gasteiger charge is 2.31. The van der Waals surface area contributed by atoms with Crippen LogP contribution in [-0.4, -0.2) is 48.7 Å². The fraction of sp³-hybridized carbons (Fsp3) is 0.562. The fourth-order valence-electron chi connectivity index (χ4n) is 3.54. The topological polar surface area (TPSA) is 56.4 Å². The second-order valence-corrected chi connectivity index (χ2v) is 7.08. The first-order valence-corrected chi connectivity index (χ1v) is 8.78. The summed E-state index contributed by atoms with van der Waals surface area (Å²) in [6.07, 6.45) is 2.62. The van der Waals surface area contributed by atoms with E-state index in [2.05, 4.69) is 34.9 Å². The Bertz CT molecular complexity index is 531. The molecule has 0 radical (unpaired) electrons. The summed E-state index contributed by atoms with van der Waals surface area (Å²) in [7, 11) is 0. The Labute approximate surface area is 131 Å². The Balaban J connectivity index is 1.90. The summed E-state index contributed by atoms with van der Waals surface area (Å²) in [5, 5.41) is 7.99. The van der Waals surface area contributed by atoms with Crippen molar-refractivity contribution in [1.82, 2.24) is 4.90 Å². The molecule has 0 bridgehead atoms. The summed E-state index contributed by atoms with van der Waals surface area (Å²) in [5.41, 5.74) is 7.96. The molecular formula is C16H24N4S. The number of hydrogen-bond acceptors (Lipinski definition) is 4. The predicted molar refractivity (Wildman–Crippen MR) is 90.7 cm³/mol. The molecule has 2 aliphatic heterocycles. The number of hydrogen-bond donors (Lipinski definition) is 2. The van der Waals surface area contributed by atoms with Gasteiger partial charge in [-0.25, -0.2) is 0 Å². The molecule has 0 aliphatic carbocycles. The highest BCUT2D eigenvalue weighted by molar-refractivity contribution is 7.99. The van der Waals surface area contributed by atoms with Crippen molar-refractivity contribution in [2.24, 2.45) is 5.73 Å². The zero-order valence-corrected chi connectivity index (χ0v) is 13.5. The minimum atomic E-state index is 0.190. The van der Waals surface area contributed by atoms with Gasteiger partial charge in [-0.2, -0.15) is 0 Å². The van der Waals surface area contributed by atoms with Crippen molar-refractivity contribution in [3.05, 3.63) is 23.8 Å². The maximum atomic E-state index is 7.99. The highest BCUT2D eigenvalue weighted by Crippen LogP contribution is 2.33. The van der Waals surface area contributed by atoms with E-state index in [4.69, 9.17) is 11.1 Å². The summed E-state index contributed by atoms with van der Waals surface area (Å²) >= 11 is 1.77. The van der Waals surface area contributed by atoms with Gasteiger partial charge in [-0.05, 0) is 37.3 Å². The molecule has 4 nitrogen and oxygen atoms in total. The summed E-state index contributed by atoms with van der Waals surface area (Å²) in [6, 6.07) is 6.99. The van der Waals surface area contributed by atoms with Crippen molar-refractivity contribution in [2.75, 3.05) is 36.8 Å². The van der Waals surface area contributed by atoms with Crippen LogP contribution in [0.1, 0.15) is 25.3 Å². The molecule has 0 amide bonds. The molecule has 21 heavy (non-hydrogen) atoms. The molecule has 1 atom stereocenters. The van der Waals surface area contributed by atoms with Crippen molar-refractivity contribution in [3.63, 3.8) is 0 Å². The van der Waals surface area contributed by atoms with Crippen molar-refractivity contribution in [2.45, 2.75) is 30.7 Å². The van der Waals surface area contributed by atoms with Crippen molar-refractivity contribution >= 4 is 23.3 Å². The van der Waals surface area contributed by atoms with E-state index in [0.717, 1.165) is 41.5 Å². The van der Waals surface area contributed by atoms with E-state index in [1.807, 2.05) is 0 Å². The van der Waals surface area contributed by atoms with Crippen LogP contribution in [0.2, 0.25) is 0 Å². The van der Waals surface area contributed by atoms with E-state index >= 15 is 0 Å². The van der Waals surface area contributed by atoms with E-state index < -0.39 is 0 Å². The van der Waals surface area contributed by atoms with Gasteiger partial charge in [0.05, 0.1) is 5.56 Å².